The largest absolute Gasteiger partial charge is 0.325 e. The summed E-state index contributed by atoms with van der Waals surface area (Å²) < 4.78 is 2.02. The van der Waals surface area contributed by atoms with Crippen LogP contribution in [0.25, 0.3) is 0 Å². The molecule has 0 aliphatic carbocycles. The number of aromatic nitrogens is 2. The summed E-state index contributed by atoms with van der Waals surface area (Å²) in [5.41, 5.74) is 1.21. The Bertz CT molecular complexity index is 680. The van der Waals surface area contributed by atoms with E-state index in [0.717, 1.165) is 5.16 Å². The van der Waals surface area contributed by atoms with Crippen LogP contribution in [0, 0.1) is 0 Å². The molecule has 0 unspecified atom stereocenters. The Balaban J connectivity index is 1.94. The number of carbonyl (C=O) groups excluding carboxylic acids is 2. The quantitative estimate of drug-likeness (QED) is 0.655. The number of imidazole rings is 1. The molecule has 0 fully saturated rings. The van der Waals surface area contributed by atoms with Crippen LogP contribution < -0.4 is 5.32 Å². The van der Waals surface area contributed by atoms with Gasteiger partial charge in [-0.05, 0) is 32.9 Å². The molecule has 0 bridgehead atoms. The van der Waals surface area contributed by atoms with E-state index in [1.54, 1.807) is 30.5 Å². The average Bonchev–Trinajstić information content (AvgIpc) is 2.94. The molecule has 5 nitrogen and oxygen atoms in total. The van der Waals surface area contributed by atoms with E-state index in [2.05, 4.69) is 24.1 Å². The Morgan fingerprint density at radius 3 is 2.82 bits per heavy atom. The molecule has 0 saturated heterocycles. The highest BCUT2D eigenvalue weighted by Crippen LogP contribution is 2.20. The first-order valence-corrected chi connectivity index (χ1v) is 8.02. The number of nitrogens with one attached hydrogen (secondary N) is 1. The number of anilines is 1. The minimum atomic E-state index is -0.121. The van der Waals surface area contributed by atoms with Crippen LogP contribution in [-0.4, -0.2) is 27.0 Å². The Hall–Kier alpha value is -2.08. The zero-order valence-corrected chi connectivity index (χ0v) is 13.7. The number of Topliss-reactive ketones (excluding diaryl/α,β-unsaturated/α-hetero) is 1. The van der Waals surface area contributed by atoms with Crippen LogP contribution in [0.5, 0.6) is 0 Å². The summed E-state index contributed by atoms with van der Waals surface area (Å²) in [5, 5.41) is 3.62. The highest BCUT2D eigenvalue weighted by atomic mass is 32.2. The molecule has 0 spiro atoms. The standard InChI is InChI=1S/C16H19N3O2S/c1-11(2)19-8-7-17-16(19)22-10-15(21)18-14-6-4-5-13(9-14)12(3)20/h4-9,11H,10H2,1-3H3,(H,18,21). The maximum atomic E-state index is 12.0. The van der Waals surface area contributed by atoms with Crippen LogP contribution in [0.1, 0.15) is 37.2 Å². The van der Waals surface area contributed by atoms with Crippen molar-refractivity contribution < 1.29 is 9.59 Å². The SMILES string of the molecule is CC(=O)c1cccc(NC(=O)CSc2nccn2C(C)C)c1. The molecule has 6 heteroatoms. The van der Waals surface area contributed by atoms with Gasteiger partial charge < -0.3 is 9.88 Å². The van der Waals surface area contributed by atoms with E-state index < -0.39 is 0 Å². The summed E-state index contributed by atoms with van der Waals surface area (Å²) >= 11 is 1.39. The zero-order valence-electron chi connectivity index (χ0n) is 12.9. The van der Waals surface area contributed by atoms with Gasteiger partial charge in [-0.2, -0.15) is 0 Å². The normalized spacial score (nSPS) is 10.7. The Kier molecular flexibility index (Phi) is 5.38. The van der Waals surface area contributed by atoms with Gasteiger partial charge in [0, 0.05) is 29.7 Å². The van der Waals surface area contributed by atoms with Crippen molar-refractivity contribution in [2.45, 2.75) is 32.0 Å². The lowest BCUT2D eigenvalue weighted by Gasteiger charge is -2.11. The van der Waals surface area contributed by atoms with Gasteiger partial charge in [0.15, 0.2) is 10.9 Å². The Labute approximate surface area is 134 Å². The Morgan fingerprint density at radius 2 is 2.14 bits per heavy atom. The number of nitrogens with zero attached hydrogens (tertiary/aromatic N) is 2. The van der Waals surface area contributed by atoms with Crippen molar-refractivity contribution in [3.8, 4) is 0 Å². The molecular formula is C16H19N3O2S. The van der Waals surface area contributed by atoms with Crippen LogP contribution in [-0.2, 0) is 4.79 Å². The predicted octanol–water partition coefficient (Wildman–Crippen LogP) is 3.40. The monoisotopic (exact) mass is 317 g/mol. The highest BCUT2D eigenvalue weighted by Gasteiger charge is 2.10. The number of thioether (sulfide) groups is 1. The molecule has 2 aromatic rings. The van der Waals surface area contributed by atoms with E-state index in [0.29, 0.717) is 17.3 Å². The van der Waals surface area contributed by atoms with E-state index in [9.17, 15) is 9.59 Å². The number of amides is 1. The third-order valence-electron chi connectivity index (χ3n) is 3.07. The highest BCUT2D eigenvalue weighted by molar-refractivity contribution is 7.99. The number of benzene rings is 1. The predicted molar refractivity (Wildman–Crippen MR) is 88.4 cm³/mol. The van der Waals surface area contributed by atoms with Gasteiger partial charge in [0.25, 0.3) is 0 Å². The number of hydrogen-bond acceptors (Lipinski definition) is 4. The summed E-state index contributed by atoms with van der Waals surface area (Å²) in [5.74, 6) is 0.127. The molecule has 1 heterocycles. The van der Waals surface area contributed by atoms with E-state index in [1.807, 2.05) is 10.8 Å². The molecule has 0 aliphatic heterocycles. The summed E-state index contributed by atoms with van der Waals surface area (Å²) in [4.78, 5) is 27.6. The van der Waals surface area contributed by atoms with E-state index >= 15 is 0 Å². The minimum Gasteiger partial charge on any atom is -0.325 e. The number of rotatable bonds is 6. The third kappa shape index (κ3) is 4.21. The molecule has 1 N–H and O–H groups in total. The van der Waals surface area contributed by atoms with Crippen molar-refractivity contribution in [1.29, 1.82) is 0 Å². The van der Waals surface area contributed by atoms with Gasteiger partial charge in [-0.3, -0.25) is 9.59 Å². The second-order valence-corrected chi connectivity index (χ2v) is 6.13. The fraction of sp³-hybridized carbons (Fsp3) is 0.312. The first-order chi connectivity index (χ1) is 10.5. The molecule has 0 aliphatic rings. The fourth-order valence-corrected chi connectivity index (χ4v) is 2.84. The van der Waals surface area contributed by atoms with Crippen LogP contribution >= 0.6 is 11.8 Å². The van der Waals surface area contributed by atoms with Crippen molar-refractivity contribution in [2.24, 2.45) is 0 Å². The zero-order chi connectivity index (χ0) is 16.1. The molecule has 0 atom stereocenters. The van der Waals surface area contributed by atoms with Gasteiger partial charge in [-0.25, -0.2) is 4.98 Å². The molecule has 1 aromatic carbocycles. The van der Waals surface area contributed by atoms with Gasteiger partial charge in [0.05, 0.1) is 5.75 Å². The minimum absolute atomic E-state index is 0.0237. The first kappa shape index (κ1) is 16.3. The topological polar surface area (TPSA) is 64.0 Å². The lowest BCUT2D eigenvalue weighted by atomic mass is 10.1. The number of carbonyl (C=O) groups is 2. The van der Waals surface area contributed by atoms with E-state index in [1.165, 1.54) is 18.7 Å². The molecule has 1 amide bonds. The van der Waals surface area contributed by atoms with Gasteiger partial charge in [-0.15, -0.1) is 0 Å². The van der Waals surface area contributed by atoms with Crippen molar-refractivity contribution in [1.82, 2.24) is 9.55 Å². The van der Waals surface area contributed by atoms with Crippen LogP contribution in [0.3, 0.4) is 0 Å². The van der Waals surface area contributed by atoms with Crippen molar-refractivity contribution in [2.75, 3.05) is 11.1 Å². The van der Waals surface area contributed by atoms with Crippen molar-refractivity contribution >= 4 is 29.1 Å². The number of hydrogen-bond donors (Lipinski definition) is 1. The molecule has 2 rings (SSSR count). The molecular weight excluding hydrogens is 298 g/mol. The first-order valence-electron chi connectivity index (χ1n) is 7.04. The molecule has 1 aromatic heterocycles. The molecule has 0 saturated carbocycles. The van der Waals surface area contributed by atoms with Crippen molar-refractivity contribution in [3.05, 3.63) is 42.2 Å². The number of ketones is 1. The molecule has 116 valence electrons. The summed E-state index contributed by atoms with van der Waals surface area (Å²) in [6.45, 7) is 5.64. The Morgan fingerprint density at radius 1 is 1.36 bits per heavy atom. The van der Waals surface area contributed by atoms with Gasteiger partial charge in [-0.1, -0.05) is 23.9 Å². The maximum absolute atomic E-state index is 12.0. The van der Waals surface area contributed by atoms with Crippen molar-refractivity contribution in [3.63, 3.8) is 0 Å². The summed E-state index contributed by atoms with van der Waals surface area (Å²) in [7, 11) is 0. The molecule has 0 radical (unpaired) electrons. The second kappa shape index (κ2) is 7.26. The van der Waals surface area contributed by atoms with Crippen LogP contribution in [0.15, 0.2) is 41.8 Å². The lowest BCUT2D eigenvalue weighted by Crippen LogP contribution is -2.15. The lowest BCUT2D eigenvalue weighted by molar-refractivity contribution is -0.113. The molecule has 22 heavy (non-hydrogen) atoms. The average molecular weight is 317 g/mol. The van der Waals surface area contributed by atoms with E-state index in [-0.39, 0.29) is 17.4 Å². The third-order valence-corrected chi connectivity index (χ3v) is 4.06. The van der Waals surface area contributed by atoms with Gasteiger partial charge in [0.1, 0.15) is 0 Å². The van der Waals surface area contributed by atoms with Crippen LogP contribution in [0.2, 0.25) is 0 Å². The smallest absolute Gasteiger partial charge is 0.234 e. The fourth-order valence-electron chi connectivity index (χ4n) is 1.95. The van der Waals surface area contributed by atoms with Crippen LogP contribution in [0.4, 0.5) is 5.69 Å². The van der Waals surface area contributed by atoms with Gasteiger partial charge >= 0.3 is 0 Å². The van der Waals surface area contributed by atoms with E-state index in [4.69, 9.17) is 0 Å². The van der Waals surface area contributed by atoms with Gasteiger partial charge in [0.2, 0.25) is 5.91 Å². The summed E-state index contributed by atoms with van der Waals surface area (Å²) in [6, 6.07) is 7.24. The maximum Gasteiger partial charge on any atom is 0.234 e. The summed E-state index contributed by atoms with van der Waals surface area (Å²) in [6.07, 6.45) is 3.64. The second-order valence-electron chi connectivity index (χ2n) is 5.18.